The van der Waals surface area contributed by atoms with Crippen molar-refractivity contribution in [2.75, 3.05) is 0 Å². The molecule has 1 N–H and O–H groups in total. The standard InChI is InChI=1S/C7H11NO/c9-6-7-4-2-1-3-5-8-7/h3,5-8H,1-2,4H2. The van der Waals surface area contributed by atoms with Crippen LogP contribution in [-0.4, -0.2) is 12.3 Å². The van der Waals surface area contributed by atoms with Gasteiger partial charge in [0.05, 0.1) is 6.04 Å². The predicted molar refractivity (Wildman–Crippen MR) is 36.0 cm³/mol. The minimum Gasteiger partial charge on any atom is -0.382 e. The molecular formula is C7H11NO. The lowest BCUT2D eigenvalue weighted by molar-refractivity contribution is -0.109. The van der Waals surface area contributed by atoms with Crippen molar-refractivity contribution in [3.63, 3.8) is 0 Å². The average Bonchev–Trinajstić information content (AvgIpc) is 2.13. The van der Waals surface area contributed by atoms with Gasteiger partial charge in [-0.3, -0.25) is 0 Å². The van der Waals surface area contributed by atoms with Crippen LogP contribution in [0.15, 0.2) is 12.3 Å². The van der Waals surface area contributed by atoms with Crippen LogP contribution in [-0.2, 0) is 4.79 Å². The fourth-order valence-electron chi connectivity index (χ4n) is 0.921. The third kappa shape index (κ3) is 1.88. The summed E-state index contributed by atoms with van der Waals surface area (Å²) in [5.41, 5.74) is 0. The smallest absolute Gasteiger partial charge is 0.142 e. The van der Waals surface area contributed by atoms with E-state index in [0.717, 1.165) is 25.5 Å². The van der Waals surface area contributed by atoms with Gasteiger partial charge in [-0.25, -0.2) is 0 Å². The van der Waals surface area contributed by atoms with E-state index >= 15 is 0 Å². The van der Waals surface area contributed by atoms with Crippen LogP contribution in [0, 0.1) is 0 Å². The highest BCUT2D eigenvalue weighted by Crippen LogP contribution is 2.03. The Morgan fingerprint density at radius 2 is 2.56 bits per heavy atom. The molecule has 0 saturated carbocycles. The van der Waals surface area contributed by atoms with E-state index in [1.807, 2.05) is 6.20 Å². The predicted octanol–water partition coefficient (Wildman–Crippen LogP) is 0.841. The molecule has 1 heterocycles. The largest absolute Gasteiger partial charge is 0.382 e. The fraction of sp³-hybridized carbons (Fsp3) is 0.571. The summed E-state index contributed by atoms with van der Waals surface area (Å²) in [4.78, 5) is 10.2. The third-order valence-electron chi connectivity index (χ3n) is 1.48. The van der Waals surface area contributed by atoms with Gasteiger partial charge in [-0.2, -0.15) is 0 Å². The third-order valence-corrected chi connectivity index (χ3v) is 1.48. The second-order valence-corrected chi connectivity index (χ2v) is 2.24. The highest BCUT2D eigenvalue weighted by atomic mass is 16.1. The van der Waals surface area contributed by atoms with E-state index in [1.165, 1.54) is 0 Å². The number of aldehydes is 1. The van der Waals surface area contributed by atoms with Crippen molar-refractivity contribution in [3.05, 3.63) is 12.3 Å². The zero-order chi connectivity index (χ0) is 6.53. The van der Waals surface area contributed by atoms with Crippen LogP contribution in [0.25, 0.3) is 0 Å². The van der Waals surface area contributed by atoms with E-state index in [9.17, 15) is 4.79 Å². The quantitative estimate of drug-likeness (QED) is 0.526. The summed E-state index contributed by atoms with van der Waals surface area (Å²) in [6.07, 6.45) is 8.08. The summed E-state index contributed by atoms with van der Waals surface area (Å²) in [5.74, 6) is 0. The number of hydrogen-bond donors (Lipinski definition) is 1. The van der Waals surface area contributed by atoms with E-state index in [4.69, 9.17) is 0 Å². The average molecular weight is 125 g/mol. The molecule has 0 amide bonds. The second-order valence-electron chi connectivity index (χ2n) is 2.24. The first-order chi connectivity index (χ1) is 4.43. The van der Waals surface area contributed by atoms with Gasteiger partial charge in [0.1, 0.15) is 6.29 Å². The normalized spacial score (nSPS) is 26.4. The number of rotatable bonds is 1. The molecule has 1 rings (SSSR count). The summed E-state index contributed by atoms with van der Waals surface area (Å²) in [7, 11) is 0. The Labute approximate surface area is 54.9 Å². The number of hydrogen-bond acceptors (Lipinski definition) is 2. The number of allylic oxidation sites excluding steroid dienone is 1. The van der Waals surface area contributed by atoms with Crippen molar-refractivity contribution in [1.29, 1.82) is 0 Å². The number of carbonyl (C=O) groups is 1. The van der Waals surface area contributed by atoms with Crippen molar-refractivity contribution < 1.29 is 4.79 Å². The molecule has 0 aliphatic carbocycles. The SMILES string of the molecule is O=CC1CCCC=CN1. The summed E-state index contributed by atoms with van der Waals surface area (Å²) < 4.78 is 0. The second kappa shape index (κ2) is 3.28. The fourth-order valence-corrected chi connectivity index (χ4v) is 0.921. The zero-order valence-corrected chi connectivity index (χ0v) is 5.34. The van der Waals surface area contributed by atoms with Crippen LogP contribution in [0.5, 0.6) is 0 Å². The summed E-state index contributed by atoms with van der Waals surface area (Å²) in [5, 5.41) is 2.98. The van der Waals surface area contributed by atoms with Gasteiger partial charge in [0.25, 0.3) is 0 Å². The Morgan fingerprint density at radius 1 is 1.67 bits per heavy atom. The first kappa shape index (κ1) is 6.33. The zero-order valence-electron chi connectivity index (χ0n) is 5.34. The summed E-state index contributed by atoms with van der Waals surface area (Å²) >= 11 is 0. The molecule has 0 aromatic rings. The van der Waals surface area contributed by atoms with Gasteiger partial charge < -0.3 is 10.1 Å². The minimum absolute atomic E-state index is 0.0590. The van der Waals surface area contributed by atoms with Gasteiger partial charge in [-0.05, 0) is 25.5 Å². The minimum atomic E-state index is 0.0590. The molecule has 0 aromatic heterocycles. The maximum absolute atomic E-state index is 10.2. The van der Waals surface area contributed by atoms with Gasteiger partial charge in [-0.15, -0.1) is 0 Å². The van der Waals surface area contributed by atoms with Crippen LogP contribution >= 0.6 is 0 Å². The van der Waals surface area contributed by atoms with Crippen molar-refractivity contribution in [1.82, 2.24) is 5.32 Å². The molecule has 0 aromatic carbocycles. The van der Waals surface area contributed by atoms with Crippen molar-refractivity contribution in [3.8, 4) is 0 Å². The van der Waals surface area contributed by atoms with Gasteiger partial charge >= 0.3 is 0 Å². The Hall–Kier alpha value is -0.790. The van der Waals surface area contributed by atoms with Gasteiger partial charge in [-0.1, -0.05) is 6.08 Å². The molecule has 2 heteroatoms. The molecule has 0 bridgehead atoms. The summed E-state index contributed by atoms with van der Waals surface area (Å²) in [6, 6.07) is 0.0590. The first-order valence-electron chi connectivity index (χ1n) is 3.30. The number of carbonyl (C=O) groups excluding carboxylic acids is 1. The molecule has 1 aliphatic rings. The molecule has 50 valence electrons. The Morgan fingerprint density at radius 3 is 3.33 bits per heavy atom. The number of nitrogens with one attached hydrogen (secondary N) is 1. The van der Waals surface area contributed by atoms with Crippen molar-refractivity contribution in [2.45, 2.75) is 25.3 Å². The molecule has 0 spiro atoms. The van der Waals surface area contributed by atoms with Gasteiger partial charge in [0.2, 0.25) is 0 Å². The summed E-state index contributed by atoms with van der Waals surface area (Å²) in [6.45, 7) is 0. The van der Waals surface area contributed by atoms with Crippen LogP contribution in [0.4, 0.5) is 0 Å². The van der Waals surface area contributed by atoms with E-state index in [-0.39, 0.29) is 6.04 Å². The Balaban J connectivity index is 2.37. The lowest BCUT2D eigenvalue weighted by Gasteiger charge is -2.04. The van der Waals surface area contributed by atoms with Crippen LogP contribution in [0.1, 0.15) is 19.3 Å². The van der Waals surface area contributed by atoms with E-state index in [2.05, 4.69) is 11.4 Å². The van der Waals surface area contributed by atoms with Crippen molar-refractivity contribution in [2.24, 2.45) is 0 Å². The van der Waals surface area contributed by atoms with Crippen molar-refractivity contribution >= 4 is 6.29 Å². The molecule has 2 nitrogen and oxygen atoms in total. The maximum atomic E-state index is 10.2. The molecule has 0 fully saturated rings. The van der Waals surface area contributed by atoms with E-state index < -0.39 is 0 Å². The molecular weight excluding hydrogens is 114 g/mol. The molecule has 9 heavy (non-hydrogen) atoms. The van der Waals surface area contributed by atoms with Crippen LogP contribution in [0.2, 0.25) is 0 Å². The lowest BCUT2D eigenvalue weighted by Crippen LogP contribution is -2.24. The highest BCUT2D eigenvalue weighted by molar-refractivity contribution is 5.57. The topological polar surface area (TPSA) is 29.1 Å². The highest BCUT2D eigenvalue weighted by Gasteiger charge is 2.04. The molecule has 1 unspecified atom stereocenters. The molecule has 1 aliphatic heterocycles. The van der Waals surface area contributed by atoms with Crippen LogP contribution in [0.3, 0.4) is 0 Å². The van der Waals surface area contributed by atoms with E-state index in [1.54, 1.807) is 0 Å². The maximum Gasteiger partial charge on any atom is 0.142 e. The van der Waals surface area contributed by atoms with Crippen LogP contribution < -0.4 is 5.32 Å². The molecule has 0 saturated heterocycles. The molecule has 0 radical (unpaired) electrons. The van der Waals surface area contributed by atoms with E-state index in [0.29, 0.717) is 0 Å². The van der Waals surface area contributed by atoms with Gasteiger partial charge in [0, 0.05) is 0 Å². The Kier molecular flexibility index (Phi) is 2.31. The monoisotopic (exact) mass is 125 g/mol. The lowest BCUT2D eigenvalue weighted by atomic mass is 10.1. The van der Waals surface area contributed by atoms with Gasteiger partial charge in [0.15, 0.2) is 0 Å². The molecule has 1 atom stereocenters. The first-order valence-corrected chi connectivity index (χ1v) is 3.30. The Bertz CT molecular complexity index is 120.